The van der Waals surface area contributed by atoms with Crippen LogP contribution >= 0.6 is 7.44 Å². The zero-order valence-corrected chi connectivity index (χ0v) is 20.6. The number of carboxylic acids is 1. The van der Waals surface area contributed by atoms with E-state index < -0.39 is 37.1 Å². The maximum atomic E-state index is 13.7. The Morgan fingerprint density at radius 3 is 2.65 bits per heavy atom. The van der Waals surface area contributed by atoms with Gasteiger partial charge in [-0.15, -0.1) is 0 Å². The smallest absolute Gasteiger partial charge is 0.323 e. The summed E-state index contributed by atoms with van der Waals surface area (Å²) in [5, 5.41) is 14.9. The number of fused-ring (bicyclic) bond motifs is 1. The molecular weight excluding hydrogens is 465 g/mol. The van der Waals surface area contributed by atoms with Crippen molar-refractivity contribution in [2.24, 2.45) is 0 Å². The molecule has 0 saturated heterocycles. The lowest BCUT2D eigenvalue weighted by Crippen LogP contribution is -2.50. The number of hydrogen-bond acceptors (Lipinski definition) is 9. The third-order valence-electron chi connectivity index (χ3n) is 5.51. The number of ether oxygens (including phenoxy) is 2. The van der Waals surface area contributed by atoms with E-state index in [1.807, 2.05) is 0 Å². The molecule has 0 aliphatic heterocycles. The average Bonchev–Trinajstić information content (AvgIpc) is 3.12. The van der Waals surface area contributed by atoms with Crippen LogP contribution in [0.1, 0.15) is 47.0 Å². The Morgan fingerprint density at radius 1 is 1.32 bits per heavy atom. The van der Waals surface area contributed by atoms with Gasteiger partial charge < -0.3 is 24.9 Å². The van der Waals surface area contributed by atoms with Crippen LogP contribution in [0.15, 0.2) is 12.7 Å². The Labute approximate surface area is 197 Å². The monoisotopic (exact) mass is 497 g/mol. The van der Waals surface area contributed by atoms with Crippen molar-refractivity contribution in [2.45, 2.75) is 77.3 Å². The highest BCUT2D eigenvalue weighted by Gasteiger charge is 2.38. The van der Waals surface area contributed by atoms with Crippen molar-refractivity contribution in [3.63, 3.8) is 0 Å². The normalized spacial score (nSPS) is 18.1. The van der Waals surface area contributed by atoms with E-state index in [9.17, 15) is 19.3 Å². The number of nitrogen functional groups attached to an aromatic ring is 1. The average molecular weight is 497 g/mol. The summed E-state index contributed by atoms with van der Waals surface area (Å²) in [6.07, 6.45) is 4.55. The summed E-state index contributed by atoms with van der Waals surface area (Å²) in [4.78, 5) is 36.3. The first-order chi connectivity index (χ1) is 15.9. The summed E-state index contributed by atoms with van der Waals surface area (Å²) in [6.45, 7) is 6.36. The Hall–Kier alpha value is -2.60. The van der Waals surface area contributed by atoms with Crippen LogP contribution < -0.4 is 15.9 Å². The number of hydrogen-bond donors (Lipinski definition) is 4. The molecule has 5 N–H and O–H groups in total. The highest BCUT2D eigenvalue weighted by Crippen LogP contribution is 2.40. The van der Waals surface area contributed by atoms with E-state index in [0.29, 0.717) is 17.7 Å². The van der Waals surface area contributed by atoms with Crippen molar-refractivity contribution in [3.05, 3.63) is 12.7 Å². The number of nitrogens with zero attached hydrogens (tertiary/aromatic N) is 4. The van der Waals surface area contributed by atoms with Gasteiger partial charge in [-0.05, 0) is 47.0 Å². The van der Waals surface area contributed by atoms with Gasteiger partial charge in [-0.25, -0.2) is 25.1 Å². The summed E-state index contributed by atoms with van der Waals surface area (Å²) in [5.74, 6) is -1.49. The molecule has 0 spiro atoms. The lowest BCUT2D eigenvalue weighted by atomic mass is 9.96. The zero-order valence-electron chi connectivity index (χ0n) is 19.7. The highest BCUT2D eigenvalue weighted by atomic mass is 31.2. The fraction of sp³-hybridized carbons (Fsp3) is 0.650. The van der Waals surface area contributed by atoms with Crippen LogP contribution in [0.25, 0.3) is 11.2 Å². The van der Waals surface area contributed by atoms with Crippen molar-refractivity contribution in [1.29, 1.82) is 0 Å². The molecule has 2 aromatic heterocycles. The standard InChI is InChI=1S/C20H32N7O6P/c1-12(8-27-10-24-15-16(21)22-9-23-17(15)27)32-11-34(31,26-20(3,4)19(29)30)25-13(2)18(28)33-14-6-5-7-14/h9-10,12-14H,5-8,11H2,1-4H3,(H,29,30)(H2,21,22,23)(H2,25,26,31). The molecule has 3 atom stereocenters. The summed E-state index contributed by atoms with van der Waals surface area (Å²) < 4.78 is 26.6. The number of carbonyl (C=O) groups excluding carboxylic acids is 1. The lowest BCUT2D eigenvalue weighted by molar-refractivity contribution is -0.154. The number of esters is 1. The molecule has 0 aromatic carbocycles. The van der Waals surface area contributed by atoms with Gasteiger partial charge in [0.05, 0.1) is 19.0 Å². The SMILES string of the molecule is CC(Cn1cnc2c(N)ncnc21)OCP(=O)(NC(C)C(=O)OC1CCC1)NC(C)(C)C(=O)O. The highest BCUT2D eigenvalue weighted by molar-refractivity contribution is 7.59. The van der Waals surface area contributed by atoms with E-state index in [1.54, 1.807) is 17.8 Å². The summed E-state index contributed by atoms with van der Waals surface area (Å²) in [5.41, 5.74) is 5.27. The van der Waals surface area contributed by atoms with Gasteiger partial charge in [-0.2, -0.15) is 0 Å². The van der Waals surface area contributed by atoms with Gasteiger partial charge in [0.25, 0.3) is 0 Å². The number of nitrogens with one attached hydrogen (secondary N) is 2. The number of carboxylic acid groups (broad SMARTS) is 1. The second-order valence-electron chi connectivity index (χ2n) is 9.06. The Kier molecular flexibility index (Phi) is 7.91. The minimum atomic E-state index is -3.71. The zero-order chi connectivity index (χ0) is 25.1. The predicted molar refractivity (Wildman–Crippen MR) is 124 cm³/mol. The maximum absolute atomic E-state index is 13.7. The van der Waals surface area contributed by atoms with Crippen LogP contribution in [0.2, 0.25) is 0 Å². The third kappa shape index (κ3) is 6.29. The number of aliphatic carboxylic acids is 1. The third-order valence-corrected chi connectivity index (χ3v) is 7.75. The van der Waals surface area contributed by atoms with Crippen LogP contribution in [-0.2, 0) is 30.2 Å². The number of anilines is 1. The van der Waals surface area contributed by atoms with Gasteiger partial charge in [0, 0.05) is 0 Å². The molecule has 1 saturated carbocycles. The Morgan fingerprint density at radius 2 is 2.03 bits per heavy atom. The van der Waals surface area contributed by atoms with Gasteiger partial charge >= 0.3 is 11.9 Å². The first-order valence-electron chi connectivity index (χ1n) is 11.0. The van der Waals surface area contributed by atoms with Crippen molar-refractivity contribution in [3.8, 4) is 0 Å². The number of nitrogens with two attached hydrogens (primary N) is 1. The van der Waals surface area contributed by atoms with E-state index in [-0.39, 0.29) is 18.3 Å². The summed E-state index contributed by atoms with van der Waals surface area (Å²) in [7, 11) is -3.71. The van der Waals surface area contributed by atoms with Gasteiger partial charge in [0.15, 0.2) is 11.5 Å². The largest absolute Gasteiger partial charge is 0.480 e. The van der Waals surface area contributed by atoms with E-state index in [2.05, 4.69) is 25.1 Å². The van der Waals surface area contributed by atoms with E-state index >= 15 is 0 Å². The van der Waals surface area contributed by atoms with Gasteiger partial charge in [0.1, 0.15) is 35.9 Å². The molecule has 3 rings (SSSR count). The number of rotatable bonds is 12. The van der Waals surface area contributed by atoms with Crippen molar-refractivity contribution in [2.75, 3.05) is 12.1 Å². The molecule has 2 aromatic rings. The second-order valence-corrected chi connectivity index (χ2v) is 11.3. The van der Waals surface area contributed by atoms with Crippen molar-refractivity contribution < 1.29 is 28.7 Å². The van der Waals surface area contributed by atoms with Crippen LogP contribution in [-0.4, -0.2) is 66.7 Å². The maximum Gasteiger partial charge on any atom is 0.323 e. The number of aromatic nitrogens is 4. The van der Waals surface area contributed by atoms with Crippen LogP contribution in [0.3, 0.4) is 0 Å². The van der Waals surface area contributed by atoms with E-state index in [1.165, 1.54) is 27.1 Å². The minimum absolute atomic E-state index is 0.126. The van der Waals surface area contributed by atoms with E-state index in [0.717, 1.165) is 19.3 Å². The van der Waals surface area contributed by atoms with Gasteiger partial charge in [-0.1, -0.05) is 0 Å². The predicted octanol–water partition coefficient (Wildman–Crippen LogP) is 1.49. The minimum Gasteiger partial charge on any atom is -0.480 e. The first-order valence-corrected chi connectivity index (χ1v) is 12.9. The molecule has 0 bridgehead atoms. The van der Waals surface area contributed by atoms with Crippen molar-refractivity contribution in [1.82, 2.24) is 29.7 Å². The molecule has 13 nitrogen and oxygen atoms in total. The van der Waals surface area contributed by atoms with Gasteiger partial charge in [-0.3, -0.25) is 14.2 Å². The van der Waals surface area contributed by atoms with Crippen LogP contribution in [0, 0.1) is 0 Å². The molecule has 188 valence electrons. The first kappa shape index (κ1) is 26.0. The lowest BCUT2D eigenvalue weighted by Gasteiger charge is -2.32. The molecule has 2 heterocycles. The molecule has 1 aliphatic rings. The fourth-order valence-corrected chi connectivity index (χ4v) is 5.71. The molecule has 14 heteroatoms. The second kappa shape index (κ2) is 10.3. The van der Waals surface area contributed by atoms with E-state index in [4.69, 9.17) is 15.2 Å². The molecule has 3 unspecified atom stereocenters. The molecule has 0 radical (unpaired) electrons. The molecule has 1 aliphatic carbocycles. The van der Waals surface area contributed by atoms with Gasteiger partial charge in [0.2, 0.25) is 7.44 Å². The number of imidazole rings is 1. The van der Waals surface area contributed by atoms with Crippen molar-refractivity contribution >= 4 is 36.4 Å². The summed E-state index contributed by atoms with van der Waals surface area (Å²) in [6, 6.07) is -0.931. The van der Waals surface area contributed by atoms with Crippen LogP contribution in [0.4, 0.5) is 5.82 Å². The molecule has 0 amide bonds. The Bertz CT molecular complexity index is 1090. The topological polar surface area (TPSA) is 184 Å². The Balaban J connectivity index is 1.68. The molecule has 34 heavy (non-hydrogen) atoms. The number of carbonyl (C=O) groups is 2. The quantitative estimate of drug-likeness (QED) is 0.245. The molecule has 1 fully saturated rings. The summed E-state index contributed by atoms with van der Waals surface area (Å²) >= 11 is 0. The molecular formula is C20H32N7O6P. The van der Waals surface area contributed by atoms with Crippen LogP contribution in [0.5, 0.6) is 0 Å². The fourth-order valence-electron chi connectivity index (χ4n) is 3.32.